The topological polar surface area (TPSA) is 62.2 Å². The number of carbonyl (C=O) groups excluding carboxylic acids is 1. The highest BCUT2D eigenvalue weighted by atomic mass is 35.5. The number of hydrogen-bond donors (Lipinski definition) is 2. The number of halogens is 6. The molecule has 0 bridgehead atoms. The summed E-state index contributed by atoms with van der Waals surface area (Å²) in [6.07, 6.45) is -5.79. The Bertz CT molecular complexity index is 941. The first-order valence-electron chi connectivity index (χ1n) is 9.14. The van der Waals surface area contributed by atoms with E-state index in [1.807, 2.05) is 0 Å². The van der Waals surface area contributed by atoms with Crippen LogP contribution in [0, 0.1) is 0 Å². The lowest BCUT2D eigenvalue weighted by Crippen LogP contribution is -2.50. The Balaban J connectivity index is 1.82. The zero-order valence-electron chi connectivity index (χ0n) is 15.5. The summed E-state index contributed by atoms with van der Waals surface area (Å²) in [6, 6.07) is 7.77. The molecule has 1 aromatic heterocycles. The number of nitrogens with zero attached hydrogens (tertiary/aromatic N) is 1. The maximum Gasteiger partial charge on any atom is 0.417 e. The molecule has 30 heavy (non-hydrogen) atoms. The van der Waals surface area contributed by atoms with Crippen LogP contribution in [-0.4, -0.2) is 34.3 Å². The van der Waals surface area contributed by atoms with E-state index >= 15 is 0 Å². The Kier molecular flexibility index (Phi) is 6.60. The minimum Gasteiger partial charge on any atom is -0.387 e. The van der Waals surface area contributed by atoms with E-state index in [1.165, 1.54) is 6.07 Å². The van der Waals surface area contributed by atoms with Crippen molar-refractivity contribution in [1.29, 1.82) is 0 Å². The van der Waals surface area contributed by atoms with Crippen LogP contribution >= 0.6 is 23.2 Å². The van der Waals surface area contributed by atoms with Gasteiger partial charge in [0.05, 0.1) is 21.8 Å². The molecular weight excluding hydrogens is 447 g/mol. The van der Waals surface area contributed by atoms with Gasteiger partial charge in [-0.3, -0.25) is 4.79 Å². The predicted molar refractivity (Wildman–Crippen MR) is 104 cm³/mol. The molecule has 1 aromatic carbocycles. The second-order valence-corrected chi connectivity index (χ2v) is 8.03. The summed E-state index contributed by atoms with van der Waals surface area (Å²) in [5, 5.41) is 13.0. The number of amides is 1. The van der Waals surface area contributed by atoms with Crippen molar-refractivity contribution in [1.82, 2.24) is 10.3 Å². The normalized spacial score (nSPS) is 24.5. The first kappa shape index (κ1) is 22.8. The Morgan fingerprint density at radius 2 is 1.93 bits per heavy atom. The van der Waals surface area contributed by atoms with Gasteiger partial charge in [0.25, 0.3) is 5.91 Å². The van der Waals surface area contributed by atoms with Gasteiger partial charge >= 0.3 is 6.18 Å². The summed E-state index contributed by atoms with van der Waals surface area (Å²) < 4.78 is 53.1. The lowest BCUT2D eigenvalue weighted by atomic mass is 9.72. The number of benzene rings is 1. The number of rotatable bonds is 4. The second-order valence-electron chi connectivity index (χ2n) is 7.26. The molecule has 2 aromatic rings. The third-order valence-electron chi connectivity index (χ3n) is 5.23. The van der Waals surface area contributed by atoms with Crippen molar-refractivity contribution >= 4 is 29.1 Å². The predicted octanol–water partition coefficient (Wildman–Crippen LogP) is 5.17. The van der Waals surface area contributed by atoms with Gasteiger partial charge < -0.3 is 10.4 Å². The van der Waals surface area contributed by atoms with Crippen LogP contribution < -0.4 is 5.32 Å². The highest BCUT2D eigenvalue weighted by Gasteiger charge is 2.44. The molecule has 2 N–H and O–H groups in total. The summed E-state index contributed by atoms with van der Waals surface area (Å²) in [5.74, 6) is -1.63. The minimum atomic E-state index is -4.71. The smallest absolute Gasteiger partial charge is 0.387 e. The van der Waals surface area contributed by atoms with Gasteiger partial charge in [0.15, 0.2) is 0 Å². The van der Waals surface area contributed by atoms with Crippen LogP contribution in [0.2, 0.25) is 10.2 Å². The number of aliphatic hydroxyl groups is 1. The van der Waals surface area contributed by atoms with E-state index < -0.39 is 40.4 Å². The van der Waals surface area contributed by atoms with Crippen molar-refractivity contribution < 1.29 is 27.5 Å². The number of pyridine rings is 1. The molecule has 1 heterocycles. The number of aromatic nitrogens is 1. The second kappa shape index (κ2) is 8.69. The van der Waals surface area contributed by atoms with Crippen molar-refractivity contribution in [2.45, 2.75) is 43.1 Å². The van der Waals surface area contributed by atoms with Gasteiger partial charge in [-0.25, -0.2) is 9.37 Å². The van der Waals surface area contributed by atoms with Gasteiger partial charge in [0.1, 0.15) is 11.3 Å². The zero-order valence-corrected chi connectivity index (χ0v) is 17.0. The fourth-order valence-corrected chi connectivity index (χ4v) is 4.14. The third kappa shape index (κ3) is 4.87. The summed E-state index contributed by atoms with van der Waals surface area (Å²) >= 11 is 11.7. The van der Waals surface area contributed by atoms with Crippen LogP contribution in [0.5, 0.6) is 0 Å². The largest absolute Gasteiger partial charge is 0.417 e. The van der Waals surface area contributed by atoms with Gasteiger partial charge in [-0.05, 0) is 43.5 Å². The Morgan fingerprint density at radius 1 is 1.23 bits per heavy atom. The first-order chi connectivity index (χ1) is 14.0. The molecule has 1 fully saturated rings. The fourth-order valence-electron chi connectivity index (χ4n) is 3.65. The quantitative estimate of drug-likeness (QED) is 0.484. The highest BCUT2D eigenvalue weighted by molar-refractivity contribution is 6.34. The molecule has 1 saturated carbocycles. The maximum atomic E-state index is 14.1. The van der Waals surface area contributed by atoms with Gasteiger partial charge in [0.2, 0.25) is 0 Å². The van der Waals surface area contributed by atoms with E-state index in [1.54, 1.807) is 12.1 Å². The number of alkyl halides is 4. The average molecular weight is 465 g/mol. The Hall–Kier alpha value is -1.90. The van der Waals surface area contributed by atoms with E-state index in [-0.39, 0.29) is 36.5 Å². The minimum absolute atomic E-state index is 0.0238. The molecule has 0 radical (unpaired) electrons. The molecule has 10 heteroatoms. The lowest BCUT2D eigenvalue weighted by molar-refractivity contribution is -0.137. The van der Waals surface area contributed by atoms with E-state index in [2.05, 4.69) is 10.3 Å². The molecule has 162 valence electrons. The molecule has 4 nitrogen and oxygen atoms in total. The number of nitrogens with one attached hydrogen (secondary N) is 1. The van der Waals surface area contributed by atoms with Crippen molar-refractivity contribution in [3.63, 3.8) is 0 Å². The molecule has 0 spiro atoms. The van der Waals surface area contributed by atoms with Gasteiger partial charge in [-0.15, -0.1) is 0 Å². The molecule has 1 amide bonds. The van der Waals surface area contributed by atoms with E-state index in [0.29, 0.717) is 5.69 Å². The molecule has 3 atom stereocenters. The van der Waals surface area contributed by atoms with Crippen LogP contribution in [0.15, 0.2) is 36.4 Å². The van der Waals surface area contributed by atoms with Crippen LogP contribution in [0.3, 0.4) is 0 Å². The number of carbonyl (C=O) groups is 1. The van der Waals surface area contributed by atoms with Gasteiger partial charge in [-0.1, -0.05) is 35.3 Å². The maximum absolute atomic E-state index is 14.1. The standard InChI is InChI=1S/C20H18Cl2F4N2O2/c21-16-6-2-5-15(28-16)14-9-11(23)7-8-19(14,30)10-27-18(29)12-3-1-4-13(17(12)22)20(24,25)26/h1-6,11,14,30H,7-10H2,(H,27,29). The number of hydrogen-bond acceptors (Lipinski definition) is 3. The van der Waals surface area contributed by atoms with Crippen molar-refractivity contribution in [3.8, 4) is 0 Å². The first-order valence-corrected chi connectivity index (χ1v) is 9.89. The molecule has 3 rings (SSSR count). The van der Waals surface area contributed by atoms with Crippen LogP contribution in [0.25, 0.3) is 0 Å². The third-order valence-corrected chi connectivity index (χ3v) is 5.85. The van der Waals surface area contributed by atoms with E-state index in [4.69, 9.17) is 23.2 Å². The van der Waals surface area contributed by atoms with Crippen molar-refractivity contribution in [2.24, 2.45) is 0 Å². The van der Waals surface area contributed by atoms with Crippen LogP contribution in [0.1, 0.15) is 46.8 Å². The van der Waals surface area contributed by atoms with Gasteiger partial charge in [0, 0.05) is 18.2 Å². The SMILES string of the molecule is O=C(NCC1(O)CCC(F)CC1c1cccc(Cl)n1)c1cccc(C(F)(F)F)c1Cl. The lowest BCUT2D eigenvalue weighted by Gasteiger charge is -2.41. The summed E-state index contributed by atoms with van der Waals surface area (Å²) in [4.78, 5) is 16.7. The molecule has 0 aliphatic heterocycles. The fraction of sp³-hybridized carbons (Fsp3) is 0.400. The summed E-state index contributed by atoms with van der Waals surface area (Å²) in [6.45, 7) is -0.315. The Labute approximate surface area is 180 Å². The molecular formula is C20H18Cl2F4N2O2. The van der Waals surface area contributed by atoms with Crippen LogP contribution in [0.4, 0.5) is 17.6 Å². The molecule has 3 unspecified atom stereocenters. The highest BCUT2D eigenvalue weighted by Crippen LogP contribution is 2.42. The molecule has 0 saturated heterocycles. The summed E-state index contributed by atoms with van der Waals surface area (Å²) in [5.41, 5.74) is -2.68. The van der Waals surface area contributed by atoms with Crippen molar-refractivity contribution in [3.05, 3.63) is 63.4 Å². The monoisotopic (exact) mass is 464 g/mol. The van der Waals surface area contributed by atoms with E-state index in [9.17, 15) is 27.5 Å². The average Bonchev–Trinajstić information content (AvgIpc) is 2.67. The zero-order chi connectivity index (χ0) is 22.1. The van der Waals surface area contributed by atoms with Crippen molar-refractivity contribution in [2.75, 3.05) is 6.54 Å². The Morgan fingerprint density at radius 3 is 2.60 bits per heavy atom. The molecule has 1 aliphatic rings. The molecule has 1 aliphatic carbocycles. The summed E-state index contributed by atoms with van der Waals surface area (Å²) in [7, 11) is 0. The van der Waals surface area contributed by atoms with E-state index in [0.717, 1.165) is 18.2 Å². The van der Waals surface area contributed by atoms with Gasteiger partial charge in [-0.2, -0.15) is 13.2 Å². The van der Waals surface area contributed by atoms with Crippen LogP contribution in [-0.2, 0) is 6.18 Å².